The summed E-state index contributed by atoms with van der Waals surface area (Å²) in [7, 11) is 1.34. The van der Waals surface area contributed by atoms with Crippen molar-refractivity contribution in [2.24, 2.45) is 0 Å². The fourth-order valence-electron chi connectivity index (χ4n) is 2.73. The Bertz CT molecular complexity index is 603. The van der Waals surface area contributed by atoms with Gasteiger partial charge in [-0.25, -0.2) is 4.79 Å². The molecule has 4 heteroatoms. The minimum absolute atomic E-state index is 0.0352. The Morgan fingerprint density at radius 3 is 2.33 bits per heavy atom. The molecule has 0 aliphatic heterocycles. The molecule has 0 atom stereocenters. The molecule has 1 aliphatic carbocycles. The van der Waals surface area contributed by atoms with E-state index in [9.17, 15) is 9.59 Å². The van der Waals surface area contributed by atoms with E-state index in [4.69, 9.17) is 11.2 Å². The molecule has 0 aromatic heterocycles. The average Bonchev–Trinajstić information content (AvgIpc) is 3.23. The summed E-state index contributed by atoms with van der Waals surface area (Å²) in [6.45, 7) is 3.84. The lowest BCUT2D eigenvalue weighted by molar-refractivity contribution is -0.144. The first kappa shape index (κ1) is 15.1. The topological polar surface area (TPSA) is 46.6 Å². The Hall–Kier alpha value is -2.28. The first-order chi connectivity index (χ1) is 9.97. The van der Waals surface area contributed by atoms with E-state index in [1.54, 1.807) is 4.90 Å². The number of para-hydroxylation sites is 1. The second-order valence-corrected chi connectivity index (χ2v) is 5.37. The van der Waals surface area contributed by atoms with Crippen LogP contribution in [0.4, 0.5) is 5.69 Å². The summed E-state index contributed by atoms with van der Waals surface area (Å²) in [6.07, 6.45) is 6.45. The van der Waals surface area contributed by atoms with Crippen molar-refractivity contribution in [1.29, 1.82) is 0 Å². The largest absolute Gasteiger partial charge is 0.467 e. The molecule has 1 aromatic carbocycles. The maximum absolute atomic E-state index is 12.5. The highest BCUT2D eigenvalue weighted by Crippen LogP contribution is 2.47. The average molecular weight is 285 g/mol. The monoisotopic (exact) mass is 285 g/mol. The van der Waals surface area contributed by atoms with Gasteiger partial charge >= 0.3 is 5.97 Å². The van der Waals surface area contributed by atoms with E-state index in [0.29, 0.717) is 12.8 Å². The quantitative estimate of drug-likeness (QED) is 0.630. The lowest BCUT2D eigenvalue weighted by atomic mass is 10.0. The van der Waals surface area contributed by atoms with Crippen molar-refractivity contribution in [1.82, 2.24) is 0 Å². The van der Waals surface area contributed by atoms with Crippen molar-refractivity contribution in [2.75, 3.05) is 12.0 Å². The highest BCUT2D eigenvalue weighted by molar-refractivity contribution is 6.05. The molecule has 1 amide bonds. The zero-order valence-electron chi connectivity index (χ0n) is 12.6. The van der Waals surface area contributed by atoms with Crippen molar-refractivity contribution in [3.63, 3.8) is 0 Å². The Morgan fingerprint density at radius 2 is 1.90 bits per heavy atom. The molecule has 0 unspecified atom stereocenters. The van der Waals surface area contributed by atoms with E-state index in [1.165, 1.54) is 7.11 Å². The van der Waals surface area contributed by atoms with Gasteiger partial charge in [-0.2, -0.15) is 0 Å². The Balaban J connectivity index is 2.56. The van der Waals surface area contributed by atoms with Gasteiger partial charge in [0.1, 0.15) is 5.54 Å². The molecule has 0 spiro atoms. The number of hydrogen-bond donors (Lipinski definition) is 0. The fourth-order valence-corrected chi connectivity index (χ4v) is 2.73. The number of amides is 1. The van der Waals surface area contributed by atoms with Gasteiger partial charge in [0, 0.05) is 0 Å². The first-order valence-electron chi connectivity index (χ1n) is 6.89. The number of ether oxygens (including phenoxy) is 1. The van der Waals surface area contributed by atoms with Crippen LogP contribution in [0.1, 0.15) is 30.4 Å². The molecule has 110 valence electrons. The number of rotatable bonds is 4. The van der Waals surface area contributed by atoms with E-state index in [0.717, 1.165) is 16.8 Å². The molecular weight excluding hydrogens is 266 g/mol. The van der Waals surface area contributed by atoms with Gasteiger partial charge in [-0.3, -0.25) is 9.69 Å². The number of carbonyl (C=O) groups is 2. The van der Waals surface area contributed by atoms with Crippen molar-refractivity contribution in [3.05, 3.63) is 29.3 Å². The number of carbonyl (C=O) groups excluding carboxylic acids is 2. The fraction of sp³-hybridized carbons (Fsp3) is 0.412. The van der Waals surface area contributed by atoms with Crippen LogP contribution >= 0.6 is 0 Å². The third-order valence-electron chi connectivity index (χ3n) is 3.88. The molecule has 1 saturated carbocycles. The summed E-state index contributed by atoms with van der Waals surface area (Å²) in [5.41, 5.74) is 1.76. The van der Waals surface area contributed by atoms with E-state index < -0.39 is 5.54 Å². The third-order valence-corrected chi connectivity index (χ3v) is 3.88. The highest BCUT2D eigenvalue weighted by atomic mass is 16.5. The molecule has 0 radical (unpaired) electrons. The first-order valence-corrected chi connectivity index (χ1v) is 6.89. The van der Waals surface area contributed by atoms with E-state index in [-0.39, 0.29) is 18.3 Å². The van der Waals surface area contributed by atoms with Gasteiger partial charge in [-0.05, 0) is 37.8 Å². The molecule has 21 heavy (non-hydrogen) atoms. The van der Waals surface area contributed by atoms with Crippen LogP contribution in [0.5, 0.6) is 0 Å². The van der Waals surface area contributed by atoms with Crippen LogP contribution in [0.3, 0.4) is 0 Å². The second-order valence-electron chi connectivity index (χ2n) is 5.37. The van der Waals surface area contributed by atoms with Crippen LogP contribution in [0.25, 0.3) is 0 Å². The standard InChI is InChI=1S/C17H19NO3/c1-5-7-14(19)18(17(10-11-17)16(20)21-4)15-12(2)8-6-9-13(15)3/h1,6,8-9H,7,10-11H2,2-4H3. The Labute approximate surface area is 125 Å². The summed E-state index contributed by atoms with van der Waals surface area (Å²) in [5.74, 6) is 1.75. The van der Waals surface area contributed by atoms with Crippen molar-refractivity contribution in [2.45, 2.75) is 38.6 Å². The molecular formula is C17H19NO3. The molecule has 0 N–H and O–H groups in total. The van der Waals surface area contributed by atoms with Gasteiger partial charge in [0.15, 0.2) is 0 Å². The SMILES string of the molecule is C#CCC(=O)N(c1c(C)cccc1C)C1(C(=O)OC)CC1. The number of anilines is 1. The number of terminal acetylenes is 1. The summed E-state index contributed by atoms with van der Waals surface area (Å²) in [6, 6.07) is 5.77. The predicted molar refractivity (Wildman–Crippen MR) is 80.8 cm³/mol. The number of nitrogens with zero attached hydrogens (tertiary/aromatic N) is 1. The molecule has 2 rings (SSSR count). The second kappa shape index (κ2) is 5.61. The van der Waals surface area contributed by atoms with Gasteiger partial charge in [0.2, 0.25) is 5.91 Å². The van der Waals surface area contributed by atoms with Crippen LogP contribution in [-0.2, 0) is 14.3 Å². The Kier molecular flexibility index (Phi) is 4.04. The summed E-state index contributed by atoms with van der Waals surface area (Å²) in [5, 5.41) is 0. The van der Waals surface area contributed by atoms with Crippen LogP contribution in [0.15, 0.2) is 18.2 Å². The zero-order valence-corrected chi connectivity index (χ0v) is 12.6. The molecule has 0 saturated heterocycles. The minimum Gasteiger partial charge on any atom is -0.467 e. The van der Waals surface area contributed by atoms with E-state index in [2.05, 4.69) is 5.92 Å². The van der Waals surface area contributed by atoms with Crippen molar-refractivity contribution < 1.29 is 14.3 Å². The van der Waals surface area contributed by atoms with Crippen molar-refractivity contribution >= 4 is 17.6 Å². The number of esters is 1. The lowest BCUT2D eigenvalue weighted by Gasteiger charge is -2.32. The van der Waals surface area contributed by atoms with Crippen molar-refractivity contribution in [3.8, 4) is 12.3 Å². The summed E-state index contributed by atoms with van der Waals surface area (Å²) in [4.78, 5) is 26.3. The minimum atomic E-state index is -0.889. The summed E-state index contributed by atoms with van der Waals surface area (Å²) < 4.78 is 4.90. The number of aryl methyl sites for hydroxylation is 2. The number of methoxy groups -OCH3 is 1. The molecule has 1 aromatic rings. The molecule has 0 heterocycles. The molecule has 4 nitrogen and oxygen atoms in total. The smallest absolute Gasteiger partial charge is 0.332 e. The van der Waals surface area contributed by atoms with Gasteiger partial charge in [0.25, 0.3) is 0 Å². The van der Waals surface area contributed by atoms with Gasteiger partial charge < -0.3 is 4.74 Å². The third kappa shape index (κ3) is 2.52. The van der Waals surface area contributed by atoms with Crippen LogP contribution in [-0.4, -0.2) is 24.5 Å². The molecule has 1 aliphatic rings. The van der Waals surface area contributed by atoms with E-state index >= 15 is 0 Å². The molecule has 1 fully saturated rings. The van der Waals surface area contributed by atoms with Crippen LogP contribution < -0.4 is 4.90 Å². The predicted octanol–water partition coefficient (Wildman–Crippen LogP) is 2.37. The Morgan fingerprint density at radius 1 is 1.33 bits per heavy atom. The van der Waals surface area contributed by atoms with E-state index in [1.807, 2.05) is 32.0 Å². The maximum atomic E-state index is 12.5. The van der Waals surface area contributed by atoms with Gasteiger partial charge in [-0.1, -0.05) is 24.1 Å². The van der Waals surface area contributed by atoms with Crippen LogP contribution in [0, 0.1) is 26.2 Å². The molecule has 0 bridgehead atoms. The zero-order chi connectivity index (χ0) is 15.6. The summed E-state index contributed by atoms with van der Waals surface area (Å²) >= 11 is 0. The highest BCUT2D eigenvalue weighted by Gasteiger charge is 2.58. The van der Waals surface area contributed by atoms with Gasteiger partial charge in [-0.15, -0.1) is 6.42 Å². The normalized spacial score (nSPS) is 15.0. The van der Waals surface area contributed by atoms with Crippen LogP contribution in [0.2, 0.25) is 0 Å². The number of hydrogen-bond acceptors (Lipinski definition) is 3. The lowest BCUT2D eigenvalue weighted by Crippen LogP contribution is -2.48. The maximum Gasteiger partial charge on any atom is 0.332 e. The number of benzene rings is 1. The van der Waals surface area contributed by atoms with Gasteiger partial charge in [0.05, 0.1) is 19.2 Å².